The Bertz CT molecular complexity index is 285. The molecule has 1 saturated heterocycles. The Kier molecular flexibility index (Phi) is 3.48. The van der Waals surface area contributed by atoms with Gasteiger partial charge >= 0.3 is 5.97 Å². The normalized spacial score (nSPS) is 28.6. The number of carbonyl (C=O) groups is 1. The molecule has 98 valence electrons. The summed E-state index contributed by atoms with van der Waals surface area (Å²) in [6.07, 6.45) is 5.21. The van der Waals surface area contributed by atoms with E-state index in [9.17, 15) is 4.79 Å². The molecule has 2 fully saturated rings. The molecule has 1 saturated carbocycles. The number of aliphatic carboxylic acids is 1. The van der Waals surface area contributed by atoms with Gasteiger partial charge in [0.05, 0.1) is 5.92 Å². The van der Waals surface area contributed by atoms with Gasteiger partial charge in [-0.1, -0.05) is 20.8 Å². The van der Waals surface area contributed by atoms with E-state index in [2.05, 4.69) is 18.7 Å². The van der Waals surface area contributed by atoms with E-state index in [4.69, 9.17) is 5.11 Å². The summed E-state index contributed by atoms with van der Waals surface area (Å²) >= 11 is 0. The lowest BCUT2D eigenvalue weighted by molar-refractivity contribution is -0.146. The Labute approximate surface area is 104 Å². The van der Waals surface area contributed by atoms with E-state index in [1.165, 1.54) is 25.7 Å². The topological polar surface area (TPSA) is 40.5 Å². The van der Waals surface area contributed by atoms with Crippen LogP contribution in [-0.4, -0.2) is 35.1 Å². The van der Waals surface area contributed by atoms with Crippen LogP contribution < -0.4 is 0 Å². The molecule has 1 atom stereocenters. The van der Waals surface area contributed by atoms with Crippen LogP contribution in [0.5, 0.6) is 0 Å². The van der Waals surface area contributed by atoms with Gasteiger partial charge < -0.3 is 5.11 Å². The molecule has 17 heavy (non-hydrogen) atoms. The molecule has 3 heteroatoms. The first-order valence-corrected chi connectivity index (χ1v) is 6.86. The SMILES string of the molecule is CC(C(=O)O)C1CN(C2CCC(C)(C)CC2)C1. The molecular weight excluding hydrogens is 214 g/mol. The molecule has 1 aliphatic carbocycles. The first-order chi connectivity index (χ1) is 7.89. The van der Waals surface area contributed by atoms with Crippen molar-refractivity contribution in [3.8, 4) is 0 Å². The quantitative estimate of drug-likeness (QED) is 0.823. The summed E-state index contributed by atoms with van der Waals surface area (Å²) in [6.45, 7) is 8.55. The number of likely N-dealkylation sites (tertiary alicyclic amines) is 1. The summed E-state index contributed by atoms with van der Waals surface area (Å²) < 4.78 is 0. The third-order valence-corrected chi connectivity index (χ3v) is 4.86. The lowest BCUT2D eigenvalue weighted by atomic mass is 9.74. The molecule has 0 radical (unpaired) electrons. The smallest absolute Gasteiger partial charge is 0.306 e. The molecule has 1 heterocycles. The van der Waals surface area contributed by atoms with E-state index in [1.807, 2.05) is 6.92 Å². The van der Waals surface area contributed by atoms with Crippen molar-refractivity contribution in [2.75, 3.05) is 13.1 Å². The fraction of sp³-hybridized carbons (Fsp3) is 0.929. The predicted molar refractivity (Wildman–Crippen MR) is 67.9 cm³/mol. The third kappa shape index (κ3) is 2.82. The standard InChI is InChI=1S/C14H25NO2/c1-10(13(16)17)11-8-15(9-11)12-4-6-14(2,3)7-5-12/h10-12H,4-9H2,1-3H3,(H,16,17). The molecule has 0 aromatic rings. The lowest BCUT2D eigenvalue weighted by Crippen LogP contribution is -2.56. The molecule has 0 bridgehead atoms. The van der Waals surface area contributed by atoms with Gasteiger partial charge in [-0.15, -0.1) is 0 Å². The Hall–Kier alpha value is -0.570. The van der Waals surface area contributed by atoms with Crippen LogP contribution in [0.15, 0.2) is 0 Å². The average Bonchev–Trinajstić information content (AvgIpc) is 2.17. The lowest BCUT2D eigenvalue weighted by Gasteiger charge is -2.49. The molecule has 1 N–H and O–H groups in total. The summed E-state index contributed by atoms with van der Waals surface area (Å²) in [4.78, 5) is 13.4. The van der Waals surface area contributed by atoms with Gasteiger partial charge in [0.25, 0.3) is 0 Å². The van der Waals surface area contributed by atoms with Gasteiger partial charge in [-0.25, -0.2) is 0 Å². The van der Waals surface area contributed by atoms with Gasteiger partial charge in [0.15, 0.2) is 0 Å². The summed E-state index contributed by atoms with van der Waals surface area (Å²) in [5.41, 5.74) is 0.523. The Morgan fingerprint density at radius 3 is 2.29 bits per heavy atom. The van der Waals surface area contributed by atoms with Gasteiger partial charge in [0.2, 0.25) is 0 Å². The van der Waals surface area contributed by atoms with E-state index >= 15 is 0 Å². The molecule has 0 spiro atoms. The monoisotopic (exact) mass is 239 g/mol. The highest BCUT2D eigenvalue weighted by molar-refractivity contribution is 5.70. The van der Waals surface area contributed by atoms with Crippen molar-refractivity contribution in [2.45, 2.75) is 52.5 Å². The van der Waals surface area contributed by atoms with Crippen LogP contribution >= 0.6 is 0 Å². The molecular formula is C14H25NO2. The highest BCUT2D eigenvalue weighted by atomic mass is 16.4. The maximum absolute atomic E-state index is 10.9. The number of carboxylic acid groups (broad SMARTS) is 1. The van der Waals surface area contributed by atoms with Crippen molar-refractivity contribution < 1.29 is 9.90 Å². The maximum atomic E-state index is 10.9. The Balaban J connectivity index is 1.76. The summed E-state index contributed by atoms with van der Waals surface area (Å²) in [5.74, 6) is -0.437. The van der Waals surface area contributed by atoms with Gasteiger partial charge in [0.1, 0.15) is 0 Å². The minimum absolute atomic E-state index is 0.175. The summed E-state index contributed by atoms with van der Waals surface area (Å²) in [6, 6.07) is 0.722. The molecule has 0 amide bonds. The van der Waals surface area contributed by atoms with Crippen LogP contribution in [0.3, 0.4) is 0 Å². The molecule has 3 nitrogen and oxygen atoms in total. The fourth-order valence-corrected chi connectivity index (χ4v) is 3.11. The minimum atomic E-state index is -0.639. The van der Waals surface area contributed by atoms with Crippen LogP contribution in [0.25, 0.3) is 0 Å². The second kappa shape index (κ2) is 4.60. The zero-order valence-electron chi connectivity index (χ0n) is 11.3. The second-order valence-corrected chi connectivity index (χ2v) is 6.74. The number of carboxylic acids is 1. The summed E-state index contributed by atoms with van der Waals surface area (Å²) in [7, 11) is 0. The van der Waals surface area contributed by atoms with Gasteiger partial charge in [-0.05, 0) is 37.0 Å². The number of hydrogen-bond acceptors (Lipinski definition) is 2. The fourth-order valence-electron chi connectivity index (χ4n) is 3.11. The zero-order valence-corrected chi connectivity index (χ0v) is 11.3. The maximum Gasteiger partial charge on any atom is 0.306 e. The number of nitrogens with zero attached hydrogens (tertiary/aromatic N) is 1. The molecule has 1 aliphatic heterocycles. The Morgan fingerprint density at radius 1 is 1.29 bits per heavy atom. The molecule has 1 unspecified atom stereocenters. The molecule has 2 aliphatic rings. The van der Waals surface area contributed by atoms with Crippen molar-refractivity contribution in [1.29, 1.82) is 0 Å². The molecule has 0 aromatic heterocycles. The van der Waals surface area contributed by atoms with Crippen LogP contribution in [0.2, 0.25) is 0 Å². The Morgan fingerprint density at radius 2 is 1.82 bits per heavy atom. The first-order valence-electron chi connectivity index (χ1n) is 6.86. The van der Waals surface area contributed by atoms with Crippen molar-refractivity contribution in [3.63, 3.8) is 0 Å². The van der Waals surface area contributed by atoms with E-state index in [-0.39, 0.29) is 5.92 Å². The van der Waals surface area contributed by atoms with Gasteiger partial charge in [-0.3, -0.25) is 9.69 Å². The predicted octanol–water partition coefficient (Wildman–Crippen LogP) is 2.61. The largest absolute Gasteiger partial charge is 0.481 e. The van der Waals surface area contributed by atoms with E-state index in [1.54, 1.807) is 0 Å². The van der Waals surface area contributed by atoms with E-state index in [0.717, 1.165) is 19.1 Å². The van der Waals surface area contributed by atoms with Crippen molar-refractivity contribution in [1.82, 2.24) is 4.90 Å². The number of hydrogen-bond donors (Lipinski definition) is 1. The van der Waals surface area contributed by atoms with Crippen LogP contribution in [-0.2, 0) is 4.79 Å². The highest BCUT2D eigenvalue weighted by Gasteiger charge is 2.39. The van der Waals surface area contributed by atoms with Gasteiger partial charge in [-0.2, -0.15) is 0 Å². The number of rotatable bonds is 3. The average molecular weight is 239 g/mol. The second-order valence-electron chi connectivity index (χ2n) is 6.74. The van der Waals surface area contributed by atoms with Crippen LogP contribution in [0, 0.1) is 17.3 Å². The van der Waals surface area contributed by atoms with E-state index in [0.29, 0.717) is 11.3 Å². The van der Waals surface area contributed by atoms with Crippen LogP contribution in [0.4, 0.5) is 0 Å². The van der Waals surface area contributed by atoms with E-state index < -0.39 is 5.97 Å². The minimum Gasteiger partial charge on any atom is -0.481 e. The zero-order chi connectivity index (χ0) is 12.6. The van der Waals surface area contributed by atoms with Crippen molar-refractivity contribution in [2.24, 2.45) is 17.3 Å². The third-order valence-electron chi connectivity index (χ3n) is 4.86. The molecule has 2 rings (SSSR count). The summed E-state index contributed by atoms with van der Waals surface area (Å²) in [5, 5.41) is 8.96. The van der Waals surface area contributed by atoms with Crippen molar-refractivity contribution in [3.05, 3.63) is 0 Å². The molecule has 0 aromatic carbocycles. The van der Waals surface area contributed by atoms with Crippen LogP contribution in [0.1, 0.15) is 46.5 Å². The highest BCUT2D eigenvalue weighted by Crippen LogP contribution is 2.39. The first kappa shape index (κ1) is 12.9. The van der Waals surface area contributed by atoms with Gasteiger partial charge in [0, 0.05) is 19.1 Å². The van der Waals surface area contributed by atoms with Crippen molar-refractivity contribution >= 4 is 5.97 Å².